The van der Waals surface area contributed by atoms with Gasteiger partial charge in [0.15, 0.2) is 10.8 Å². The zero-order valence-electron chi connectivity index (χ0n) is 19.4. The Balaban J connectivity index is 1.89. The van der Waals surface area contributed by atoms with Gasteiger partial charge in [0.2, 0.25) is 0 Å². The maximum atomic E-state index is 14.8. The van der Waals surface area contributed by atoms with Crippen LogP contribution in [0.2, 0.25) is 0 Å². The number of Topliss-reactive ketones (excluding diaryl/α,β-unsaturated/α-hetero) is 1. The van der Waals surface area contributed by atoms with Gasteiger partial charge in [-0.3, -0.25) is 4.79 Å². The molecule has 2 nitrogen and oxygen atoms in total. The number of alkyl halides is 1. The van der Waals surface area contributed by atoms with Crippen LogP contribution >= 0.6 is 7.26 Å². The van der Waals surface area contributed by atoms with Gasteiger partial charge in [0, 0.05) is 18.6 Å². The molecule has 4 heteroatoms. The first-order valence-corrected chi connectivity index (χ1v) is 15.4. The highest BCUT2D eigenvalue weighted by Gasteiger charge is 2.73. The summed E-state index contributed by atoms with van der Waals surface area (Å²) >= 11 is -0.779. The fourth-order valence-electron chi connectivity index (χ4n) is 4.73. The summed E-state index contributed by atoms with van der Waals surface area (Å²) in [5.74, 6) is 0.192. The Hall–Kier alpha value is -3.01. The topological polar surface area (TPSA) is 30.2 Å². The van der Waals surface area contributed by atoms with E-state index in [0.717, 1.165) is 10.9 Å². The van der Waals surface area contributed by atoms with Crippen molar-refractivity contribution in [2.24, 2.45) is 0 Å². The van der Waals surface area contributed by atoms with E-state index in [9.17, 15) is 4.79 Å². The molecule has 1 atom stereocenters. The van der Waals surface area contributed by atoms with Crippen LogP contribution in [-0.4, -0.2) is 8.95 Å². The first kappa shape index (κ1) is 23.7. The number of furan rings is 1. The zero-order valence-corrected chi connectivity index (χ0v) is 22.5. The van der Waals surface area contributed by atoms with Crippen molar-refractivity contribution in [3.63, 3.8) is 0 Å². The summed E-state index contributed by atoms with van der Waals surface area (Å²) in [6, 6.07) is 43.6. The lowest BCUT2D eigenvalue weighted by molar-refractivity contribution is -0.659. The Morgan fingerprint density at radius 1 is 0.657 bits per heavy atom. The van der Waals surface area contributed by atoms with E-state index in [1.807, 2.05) is 54.8 Å². The van der Waals surface area contributed by atoms with Gasteiger partial charge in [-0.2, -0.15) is 0 Å². The van der Waals surface area contributed by atoms with E-state index in [-0.39, 0.29) is 5.78 Å². The second-order valence-electron chi connectivity index (χ2n) is 8.36. The summed E-state index contributed by atoms with van der Waals surface area (Å²) in [5, 5.41) is 3.47. The number of hydrogen-bond donors (Lipinski definition) is 0. The van der Waals surface area contributed by atoms with Gasteiger partial charge in [-0.1, -0.05) is 84.9 Å². The molecule has 1 heterocycles. The minimum Gasteiger partial charge on any atom is -0.468 e. The van der Waals surface area contributed by atoms with E-state index in [2.05, 4.69) is 85.8 Å². The maximum absolute atomic E-state index is 14.8. The van der Waals surface area contributed by atoms with Crippen LogP contribution in [0.5, 0.6) is 0 Å². The van der Waals surface area contributed by atoms with Crippen molar-refractivity contribution in [2.45, 2.75) is 10.1 Å². The molecule has 1 unspecified atom stereocenters. The van der Waals surface area contributed by atoms with Crippen LogP contribution in [0, 0.1) is 3.57 Å². The molecule has 1 aromatic heterocycles. The van der Waals surface area contributed by atoms with Crippen molar-refractivity contribution in [3.05, 3.63) is 149 Å². The molecule has 4 aromatic carbocycles. The van der Waals surface area contributed by atoms with Gasteiger partial charge >= 0.3 is 24.4 Å². The number of rotatable bonds is 8. The van der Waals surface area contributed by atoms with E-state index < -0.39 is 31.6 Å². The third-order valence-corrected chi connectivity index (χ3v) is 16.5. The van der Waals surface area contributed by atoms with E-state index in [4.69, 9.17) is 4.42 Å². The molecule has 0 aliphatic heterocycles. The van der Waals surface area contributed by atoms with Crippen LogP contribution in [0.15, 0.2) is 144 Å². The molecule has 5 rings (SSSR count). The van der Waals surface area contributed by atoms with Crippen LogP contribution in [-0.2, 0) is 0 Å². The zero-order chi connectivity index (χ0) is 24.1. The summed E-state index contributed by atoms with van der Waals surface area (Å²) in [6.07, 6.45) is 3.60. The molecule has 172 valence electrons. The largest absolute Gasteiger partial charge is 0.468 e. The Morgan fingerprint density at radius 2 is 1.14 bits per heavy atom. The lowest BCUT2D eigenvalue weighted by Gasteiger charge is -2.33. The van der Waals surface area contributed by atoms with Crippen molar-refractivity contribution in [1.29, 1.82) is 0 Å². The van der Waals surface area contributed by atoms with Crippen LogP contribution in [0.3, 0.4) is 0 Å². The average Bonchev–Trinajstić information content (AvgIpc) is 3.46. The Bertz CT molecular complexity index is 1330. The van der Waals surface area contributed by atoms with Gasteiger partial charge in [-0.25, -0.2) is 0 Å². The predicted molar refractivity (Wildman–Crippen MR) is 142 cm³/mol. The quantitative estimate of drug-likeness (QED) is 0.121. The maximum Gasteiger partial charge on any atom is 0.374 e. The van der Waals surface area contributed by atoms with Gasteiger partial charge < -0.3 is 4.42 Å². The van der Waals surface area contributed by atoms with Gasteiger partial charge in [-0.15, -0.1) is 0 Å². The van der Waals surface area contributed by atoms with Crippen molar-refractivity contribution in [3.8, 4) is 0 Å². The standard InChI is InChI=1S/C31H26IO2P/c1-31(32-26-16-8-3-9-17-26,30(33)25-14-6-2-7-15-25)35(29-22-23-34-24-29,27-18-10-4-11-19-27)28-20-12-5-13-21-28/h2-24H,1H3/q+2. The second kappa shape index (κ2) is 10.3. The summed E-state index contributed by atoms with van der Waals surface area (Å²) in [4.78, 5) is 14.8. The second-order valence-corrected chi connectivity index (χ2v) is 16.9. The third-order valence-electron chi connectivity index (χ3n) is 6.29. The Labute approximate surface area is 217 Å². The van der Waals surface area contributed by atoms with Gasteiger partial charge in [0.25, 0.3) is 5.78 Å². The van der Waals surface area contributed by atoms with Gasteiger partial charge in [0.05, 0.1) is 6.26 Å². The average molecular weight is 588 g/mol. The molecular formula is C31H26IO2P+2. The molecule has 35 heavy (non-hydrogen) atoms. The van der Waals surface area contributed by atoms with E-state index >= 15 is 0 Å². The Morgan fingerprint density at radius 3 is 1.63 bits per heavy atom. The number of benzene rings is 4. The minimum atomic E-state index is -2.51. The Kier molecular flexibility index (Phi) is 6.99. The molecule has 5 aromatic rings. The molecule has 0 aliphatic carbocycles. The molecule has 0 aliphatic rings. The van der Waals surface area contributed by atoms with Crippen LogP contribution in [0.4, 0.5) is 0 Å². The highest BCUT2D eigenvalue weighted by Crippen LogP contribution is 2.63. The molecule has 0 saturated heterocycles. The SMILES string of the molecule is CC([I+]c1ccccc1)(C(=O)c1ccccc1)[P+](c1ccccc1)(c1ccccc1)c1ccoc1. The van der Waals surface area contributed by atoms with Crippen molar-refractivity contribution in [2.75, 3.05) is 0 Å². The lowest BCUT2D eigenvalue weighted by Crippen LogP contribution is -3.68. The van der Waals surface area contributed by atoms with Crippen molar-refractivity contribution in [1.82, 2.24) is 0 Å². The van der Waals surface area contributed by atoms with Crippen LogP contribution < -0.4 is 37.1 Å². The fourth-order valence-corrected chi connectivity index (χ4v) is 16.2. The predicted octanol–water partition coefficient (Wildman–Crippen LogP) is 3.13. The van der Waals surface area contributed by atoms with Gasteiger partial charge in [-0.05, 0) is 36.4 Å². The lowest BCUT2D eigenvalue weighted by atomic mass is 10.1. The highest BCUT2D eigenvalue weighted by molar-refractivity contribution is 7.97. The van der Waals surface area contributed by atoms with E-state index in [0.29, 0.717) is 0 Å². The van der Waals surface area contributed by atoms with E-state index in [1.165, 1.54) is 14.2 Å². The van der Waals surface area contributed by atoms with Crippen molar-refractivity contribution >= 4 is 29.0 Å². The molecule has 0 bridgehead atoms. The summed E-state index contributed by atoms with van der Waals surface area (Å²) in [6.45, 7) is 2.21. The normalized spacial score (nSPS) is 13.2. The summed E-state index contributed by atoms with van der Waals surface area (Å²) in [7, 11) is -2.51. The molecule has 0 amide bonds. The molecule has 0 spiro atoms. The third kappa shape index (κ3) is 4.28. The number of carbonyl (C=O) groups excluding carboxylic acids is 1. The number of ketones is 1. The van der Waals surface area contributed by atoms with Crippen molar-refractivity contribution < 1.29 is 30.4 Å². The number of carbonyl (C=O) groups is 1. The number of hydrogen-bond acceptors (Lipinski definition) is 2. The molecular weight excluding hydrogens is 562 g/mol. The first-order valence-electron chi connectivity index (χ1n) is 11.5. The van der Waals surface area contributed by atoms with E-state index in [1.54, 1.807) is 6.26 Å². The first-order chi connectivity index (χ1) is 17.2. The van der Waals surface area contributed by atoms with Crippen LogP contribution in [0.1, 0.15) is 17.3 Å². The highest BCUT2D eigenvalue weighted by atomic mass is 127. The summed E-state index contributed by atoms with van der Waals surface area (Å²) < 4.78 is 6.31. The minimum absolute atomic E-state index is 0.192. The van der Waals surface area contributed by atoms with Gasteiger partial charge in [0.1, 0.15) is 22.2 Å². The molecule has 0 radical (unpaired) electrons. The molecule has 0 fully saturated rings. The summed E-state index contributed by atoms with van der Waals surface area (Å²) in [5.41, 5.74) is 0.755. The molecule has 0 N–H and O–H groups in total. The smallest absolute Gasteiger partial charge is 0.374 e. The number of halogens is 1. The fraction of sp³-hybridized carbons (Fsp3) is 0.0645. The monoisotopic (exact) mass is 588 g/mol. The van der Waals surface area contributed by atoms with Crippen LogP contribution in [0.25, 0.3) is 0 Å². The molecule has 0 saturated carbocycles.